The van der Waals surface area contributed by atoms with E-state index in [1.807, 2.05) is 24.3 Å². The second-order valence-corrected chi connectivity index (χ2v) is 7.52. The van der Waals surface area contributed by atoms with Crippen LogP contribution in [0.15, 0.2) is 36.7 Å². The van der Waals surface area contributed by atoms with Crippen LogP contribution in [0.25, 0.3) is 10.8 Å². The monoisotopic (exact) mass is 413 g/mol. The molecule has 2 aromatic rings. The average molecular weight is 413 g/mol. The molecule has 0 radical (unpaired) electrons. The van der Waals surface area contributed by atoms with Crippen LogP contribution >= 0.6 is 0 Å². The van der Waals surface area contributed by atoms with Crippen molar-refractivity contribution < 1.29 is 24.3 Å². The molecule has 0 aliphatic carbocycles. The van der Waals surface area contributed by atoms with E-state index >= 15 is 0 Å². The maximum atomic E-state index is 12.5. The van der Waals surface area contributed by atoms with Gasteiger partial charge in [-0.3, -0.25) is 19.4 Å². The third kappa shape index (κ3) is 6.65. The fraction of sp³-hybridized carbons (Fsp3) is 0.409. The molecule has 1 aromatic carbocycles. The Morgan fingerprint density at radius 1 is 1.13 bits per heavy atom. The molecule has 0 bridgehead atoms. The summed E-state index contributed by atoms with van der Waals surface area (Å²) >= 11 is 0. The molecule has 160 valence electrons. The third-order valence-electron chi connectivity index (χ3n) is 4.90. The number of nitrogens with zero attached hydrogens (tertiary/aromatic N) is 1. The van der Waals surface area contributed by atoms with Crippen LogP contribution in [0.4, 0.5) is 0 Å². The van der Waals surface area contributed by atoms with Crippen molar-refractivity contribution in [3.8, 4) is 0 Å². The van der Waals surface area contributed by atoms with Crippen LogP contribution in [0.3, 0.4) is 0 Å². The first kappa shape index (κ1) is 23.0. The number of nitrogens with one attached hydrogen (secondary N) is 2. The topological polar surface area (TPSA) is 125 Å². The van der Waals surface area contributed by atoms with Crippen LogP contribution in [0.2, 0.25) is 0 Å². The summed E-state index contributed by atoms with van der Waals surface area (Å²) < 4.78 is 0. The summed E-state index contributed by atoms with van der Waals surface area (Å²) in [5, 5.41) is 16.1. The van der Waals surface area contributed by atoms with Gasteiger partial charge >= 0.3 is 5.97 Å². The lowest BCUT2D eigenvalue weighted by Gasteiger charge is -2.21. The molecular formula is C22H27N3O5. The van der Waals surface area contributed by atoms with E-state index in [-0.39, 0.29) is 18.2 Å². The Bertz CT molecular complexity index is 907. The highest BCUT2D eigenvalue weighted by Gasteiger charge is 2.27. The summed E-state index contributed by atoms with van der Waals surface area (Å²) in [7, 11) is 0. The molecule has 1 heterocycles. The fourth-order valence-corrected chi connectivity index (χ4v) is 3.23. The van der Waals surface area contributed by atoms with Crippen molar-refractivity contribution in [2.45, 2.75) is 39.2 Å². The van der Waals surface area contributed by atoms with Gasteiger partial charge in [-0.15, -0.1) is 0 Å². The van der Waals surface area contributed by atoms with Gasteiger partial charge in [-0.2, -0.15) is 0 Å². The van der Waals surface area contributed by atoms with Crippen molar-refractivity contribution in [2.75, 3.05) is 6.54 Å². The van der Waals surface area contributed by atoms with Gasteiger partial charge in [0.15, 0.2) is 0 Å². The highest BCUT2D eigenvalue weighted by molar-refractivity contribution is 5.88. The lowest BCUT2D eigenvalue weighted by molar-refractivity contribution is -0.139. The number of fused-ring (bicyclic) bond motifs is 1. The van der Waals surface area contributed by atoms with Crippen molar-refractivity contribution >= 4 is 34.8 Å². The fourth-order valence-electron chi connectivity index (χ4n) is 3.23. The summed E-state index contributed by atoms with van der Waals surface area (Å²) in [6.45, 7) is 4.00. The largest absolute Gasteiger partial charge is 0.481 e. The lowest BCUT2D eigenvalue weighted by atomic mass is 9.91. The van der Waals surface area contributed by atoms with E-state index in [0.717, 1.165) is 16.3 Å². The number of carbonyl (C=O) groups excluding carboxylic acids is 3. The zero-order valence-electron chi connectivity index (χ0n) is 17.1. The molecule has 0 aliphatic rings. The van der Waals surface area contributed by atoms with Crippen LogP contribution in [-0.2, 0) is 25.6 Å². The first-order chi connectivity index (χ1) is 14.3. The average Bonchev–Trinajstić information content (AvgIpc) is 2.71. The molecule has 0 unspecified atom stereocenters. The molecular weight excluding hydrogens is 386 g/mol. The van der Waals surface area contributed by atoms with E-state index in [4.69, 9.17) is 5.11 Å². The second kappa shape index (κ2) is 11.0. The van der Waals surface area contributed by atoms with E-state index < -0.39 is 30.3 Å². The Morgan fingerprint density at radius 3 is 2.53 bits per heavy atom. The summed E-state index contributed by atoms with van der Waals surface area (Å²) in [6.07, 6.45) is 4.02. The summed E-state index contributed by atoms with van der Waals surface area (Å²) in [6, 6.07) is 6.77. The number of aliphatic carboxylic acids is 1. The predicted octanol–water partition coefficient (Wildman–Crippen LogP) is 1.71. The minimum Gasteiger partial charge on any atom is -0.481 e. The minimum atomic E-state index is -1.19. The van der Waals surface area contributed by atoms with Crippen molar-refractivity contribution in [2.24, 2.45) is 11.8 Å². The molecule has 2 rings (SSSR count). The third-order valence-corrected chi connectivity index (χ3v) is 4.90. The molecule has 0 saturated heterocycles. The highest BCUT2D eigenvalue weighted by Crippen LogP contribution is 2.18. The maximum Gasteiger partial charge on any atom is 0.305 e. The van der Waals surface area contributed by atoms with E-state index in [0.29, 0.717) is 19.3 Å². The zero-order valence-corrected chi connectivity index (χ0v) is 17.1. The number of benzene rings is 1. The number of amides is 2. The molecule has 30 heavy (non-hydrogen) atoms. The van der Waals surface area contributed by atoms with Crippen molar-refractivity contribution in [1.82, 2.24) is 15.6 Å². The number of hydrogen-bond donors (Lipinski definition) is 3. The van der Waals surface area contributed by atoms with E-state index in [1.165, 1.54) is 0 Å². The van der Waals surface area contributed by atoms with Gasteiger partial charge in [0.1, 0.15) is 6.29 Å². The summed E-state index contributed by atoms with van der Waals surface area (Å²) in [4.78, 5) is 50.8. The van der Waals surface area contributed by atoms with Crippen molar-refractivity contribution in [3.05, 3.63) is 42.2 Å². The van der Waals surface area contributed by atoms with Gasteiger partial charge in [-0.1, -0.05) is 38.1 Å². The van der Waals surface area contributed by atoms with Crippen LogP contribution in [0.1, 0.15) is 32.3 Å². The standard InChI is InChI=1S/C22H27N3O5/c1-14(2)19(22(30)25-17(13-26)9-21(28)29)10-20(27)24-8-7-16-12-23-11-15-5-3-4-6-18(15)16/h3-6,11-14,17,19H,7-10H2,1-2H3,(H,24,27)(H,25,30)(H,28,29)/t17-,19-/m0/s1. The first-order valence-electron chi connectivity index (χ1n) is 9.87. The number of carbonyl (C=O) groups is 4. The number of carboxylic acid groups (broad SMARTS) is 1. The van der Waals surface area contributed by atoms with Gasteiger partial charge in [-0.25, -0.2) is 0 Å². The maximum absolute atomic E-state index is 12.5. The molecule has 2 atom stereocenters. The molecule has 0 aliphatic heterocycles. The Labute approximate surface area is 175 Å². The van der Waals surface area contributed by atoms with E-state index in [1.54, 1.807) is 26.2 Å². The lowest BCUT2D eigenvalue weighted by Crippen LogP contribution is -2.44. The van der Waals surface area contributed by atoms with Crippen molar-refractivity contribution in [3.63, 3.8) is 0 Å². The van der Waals surface area contributed by atoms with Crippen molar-refractivity contribution in [1.29, 1.82) is 0 Å². The summed E-state index contributed by atoms with van der Waals surface area (Å²) in [5.41, 5.74) is 1.02. The number of aldehydes is 1. The SMILES string of the molecule is CC(C)[C@H](CC(=O)NCCc1cncc2ccccc12)C(=O)N[C@H](C=O)CC(=O)O. The van der Waals surface area contributed by atoms with Crippen LogP contribution in [0, 0.1) is 11.8 Å². The van der Waals surface area contributed by atoms with Crippen LogP contribution in [-0.4, -0.2) is 46.7 Å². The van der Waals surface area contributed by atoms with Gasteiger partial charge < -0.3 is 20.5 Å². The molecule has 0 saturated carbocycles. The van der Waals surface area contributed by atoms with Gasteiger partial charge in [0.25, 0.3) is 0 Å². The number of rotatable bonds is 11. The van der Waals surface area contributed by atoms with E-state index in [2.05, 4.69) is 15.6 Å². The van der Waals surface area contributed by atoms with Gasteiger partial charge in [0.05, 0.1) is 12.5 Å². The number of carboxylic acids is 1. The Morgan fingerprint density at radius 2 is 1.87 bits per heavy atom. The number of hydrogen-bond acceptors (Lipinski definition) is 5. The molecule has 1 aromatic heterocycles. The second-order valence-electron chi connectivity index (χ2n) is 7.52. The Balaban J connectivity index is 1.91. The zero-order chi connectivity index (χ0) is 22.1. The Hall–Kier alpha value is -3.29. The number of pyridine rings is 1. The minimum absolute atomic E-state index is 0.0457. The van der Waals surface area contributed by atoms with Gasteiger partial charge in [-0.05, 0) is 23.3 Å². The molecule has 8 nitrogen and oxygen atoms in total. The predicted molar refractivity (Wildman–Crippen MR) is 112 cm³/mol. The number of aromatic nitrogens is 1. The quantitative estimate of drug-likeness (QED) is 0.482. The van der Waals surface area contributed by atoms with Crippen LogP contribution < -0.4 is 10.6 Å². The summed E-state index contributed by atoms with van der Waals surface area (Å²) in [5.74, 6) is -2.79. The normalized spacial score (nSPS) is 12.9. The molecule has 0 spiro atoms. The molecule has 3 N–H and O–H groups in total. The molecule has 8 heteroatoms. The van der Waals surface area contributed by atoms with Gasteiger partial charge in [0, 0.05) is 36.7 Å². The highest BCUT2D eigenvalue weighted by atomic mass is 16.4. The smallest absolute Gasteiger partial charge is 0.305 e. The molecule has 2 amide bonds. The van der Waals surface area contributed by atoms with E-state index in [9.17, 15) is 19.2 Å². The van der Waals surface area contributed by atoms with Crippen LogP contribution in [0.5, 0.6) is 0 Å². The Kier molecular flexibility index (Phi) is 8.46. The molecule has 0 fully saturated rings. The van der Waals surface area contributed by atoms with Gasteiger partial charge in [0.2, 0.25) is 11.8 Å². The first-order valence-corrected chi connectivity index (χ1v) is 9.87.